The normalized spacial score (nSPS) is 10.9. The lowest BCUT2D eigenvalue weighted by atomic mass is 10.2. The highest BCUT2D eigenvalue weighted by Crippen LogP contribution is 2.23. The van der Waals surface area contributed by atoms with E-state index < -0.39 is 0 Å². The van der Waals surface area contributed by atoms with Crippen LogP contribution in [0.5, 0.6) is 0 Å². The number of rotatable bonds is 7. The van der Waals surface area contributed by atoms with Crippen LogP contribution < -0.4 is 0 Å². The van der Waals surface area contributed by atoms with Crippen molar-refractivity contribution >= 4 is 12.2 Å². The molecule has 0 unspecified atom stereocenters. The fraction of sp³-hybridized carbons (Fsp3) is 0.125. The van der Waals surface area contributed by atoms with E-state index in [2.05, 4.69) is 6.07 Å². The molecule has 7 heteroatoms. The Morgan fingerprint density at radius 2 is 1.58 bits per heavy atom. The second-order valence-electron chi connectivity index (χ2n) is 7.06. The van der Waals surface area contributed by atoms with E-state index in [0.29, 0.717) is 23.8 Å². The number of nitriles is 1. The van der Waals surface area contributed by atoms with Gasteiger partial charge in [0.1, 0.15) is 5.82 Å². The van der Waals surface area contributed by atoms with Crippen LogP contribution in [0.3, 0.4) is 0 Å². The predicted molar refractivity (Wildman–Crippen MR) is 120 cm³/mol. The quantitative estimate of drug-likeness (QED) is 0.300. The smallest absolute Gasteiger partial charge is 0.204 e. The van der Waals surface area contributed by atoms with Crippen molar-refractivity contribution < 1.29 is 4.39 Å². The summed E-state index contributed by atoms with van der Waals surface area (Å²) >= 11 is 5.75. The number of hydrogen-bond donors (Lipinski definition) is 0. The third-order valence-electron chi connectivity index (χ3n) is 4.83. The minimum Gasteiger partial charge on any atom is -0.268 e. The van der Waals surface area contributed by atoms with Crippen molar-refractivity contribution in [3.8, 4) is 23.1 Å². The average Bonchev–Trinajstić information content (AvgIpc) is 3.12. The molecule has 0 saturated heterocycles. The largest absolute Gasteiger partial charge is 0.268 e. The van der Waals surface area contributed by atoms with Crippen LogP contribution in [0.1, 0.15) is 5.56 Å². The summed E-state index contributed by atoms with van der Waals surface area (Å²) in [6.07, 6.45) is 0. The summed E-state index contributed by atoms with van der Waals surface area (Å²) in [4.78, 5) is 1.97. The standard InChI is InChI=1S/C24H20FN5S/c25-21-11-13-22(14-12-21)30-23(20-9-5-2-6-10-20)27-29(24(30)31)18-28(16-15-26)17-19-7-3-1-4-8-19/h1-14H,16-18H2. The van der Waals surface area contributed by atoms with E-state index in [0.717, 1.165) is 16.8 Å². The summed E-state index contributed by atoms with van der Waals surface area (Å²) < 4.78 is 17.5. The molecule has 4 aromatic rings. The first-order valence-corrected chi connectivity index (χ1v) is 10.2. The van der Waals surface area contributed by atoms with E-state index in [-0.39, 0.29) is 12.4 Å². The monoisotopic (exact) mass is 429 g/mol. The number of benzene rings is 3. The molecule has 0 N–H and O–H groups in total. The molecule has 1 aromatic heterocycles. The molecule has 31 heavy (non-hydrogen) atoms. The molecule has 0 aliphatic heterocycles. The van der Waals surface area contributed by atoms with Gasteiger partial charge in [-0.05, 0) is 42.0 Å². The van der Waals surface area contributed by atoms with Gasteiger partial charge in [-0.2, -0.15) is 5.26 Å². The number of halogens is 1. The molecule has 0 bridgehead atoms. The number of aromatic nitrogens is 3. The Balaban J connectivity index is 1.75. The van der Waals surface area contributed by atoms with Crippen LogP contribution in [-0.4, -0.2) is 25.8 Å². The lowest BCUT2D eigenvalue weighted by Crippen LogP contribution is -2.27. The molecular formula is C24H20FN5S. The van der Waals surface area contributed by atoms with Gasteiger partial charge in [-0.1, -0.05) is 60.7 Å². The minimum atomic E-state index is -0.313. The molecule has 0 amide bonds. The Bertz CT molecular complexity index is 1240. The van der Waals surface area contributed by atoms with Crippen LogP contribution in [-0.2, 0) is 13.2 Å². The number of hydrogen-bond acceptors (Lipinski definition) is 4. The summed E-state index contributed by atoms with van der Waals surface area (Å²) in [7, 11) is 0. The molecule has 0 aliphatic rings. The highest BCUT2D eigenvalue weighted by molar-refractivity contribution is 7.71. The first kappa shape index (κ1) is 20.7. The van der Waals surface area contributed by atoms with Gasteiger partial charge in [0.25, 0.3) is 0 Å². The highest BCUT2D eigenvalue weighted by atomic mass is 32.1. The van der Waals surface area contributed by atoms with Gasteiger partial charge >= 0.3 is 0 Å². The molecule has 154 valence electrons. The molecule has 0 spiro atoms. The van der Waals surface area contributed by atoms with E-state index in [1.165, 1.54) is 12.1 Å². The van der Waals surface area contributed by atoms with Crippen LogP contribution >= 0.6 is 12.2 Å². The van der Waals surface area contributed by atoms with E-state index in [1.54, 1.807) is 16.8 Å². The Morgan fingerprint density at radius 1 is 0.935 bits per heavy atom. The summed E-state index contributed by atoms with van der Waals surface area (Å²) in [5.74, 6) is 0.348. The number of nitrogens with zero attached hydrogens (tertiary/aromatic N) is 5. The van der Waals surface area contributed by atoms with Crippen molar-refractivity contribution in [1.29, 1.82) is 5.26 Å². The van der Waals surface area contributed by atoms with Crippen molar-refractivity contribution in [2.45, 2.75) is 13.2 Å². The topological polar surface area (TPSA) is 49.8 Å². The zero-order chi connectivity index (χ0) is 21.6. The maximum absolute atomic E-state index is 13.5. The van der Waals surface area contributed by atoms with Gasteiger partial charge in [-0.3, -0.25) is 9.47 Å². The van der Waals surface area contributed by atoms with Crippen molar-refractivity contribution in [3.05, 3.63) is 101 Å². The van der Waals surface area contributed by atoms with Gasteiger partial charge in [0.2, 0.25) is 4.77 Å². The van der Waals surface area contributed by atoms with E-state index in [1.807, 2.05) is 70.1 Å². The first-order valence-electron chi connectivity index (χ1n) is 9.80. The summed E-state index contributed by atoms with van der Waals surface area (Å²) in [6.45, 7) is 1.19. The molecule has 0 saturated carbocycles. The third kappa shape index (κ3) is 4.77. The summed E-state index contributed by atoms with van der Waals surface area (Å²) in [5.41, 5.74) is 2.73. The first-order chi connectivity index (χ1) is 15.2. The lowest BCUT2D eigenvalue weighted by molar-refractivity contribution is 0.221. The average molecular weight is 430 g/mol. The second kappa shape index (κ2) is 9.47. The minimum absolute atomic E-state index is 0.237. The zero-order valence-corrected chi connectivity index (χ0v) is 17.5. The Kier molecular flexibility index (Phi) is 6.32. The molecule has 4 rings (SSSR count). The van der Waals surface area contributed by atoms with Gasteiger partial charge in [0, 0.05) is 12.1 Å². The van der Waals surface area contributed by atoms with Crippen molar-refractivity contribution in [1.82, 2.24) is 19.2 Å². The van der Waals surface area contributed by atoms with E-state index in [9.17, 15) is 9.65 Å². The summed E-state index contributed by atoms with van der Waals surface area (Å²) in [5, 5.41) is 14.1. The van der Waals surface area contributed by atoms with Gasteiger partial charge in [0.05, 0.1) is 25.0 Å². The lowest BCUT2D eigenvalue weighted by Gasteiger charge is -2.18. The third-order valence-corrected chi connectivity index (χ3v) is 5.23. The zero-order valence-electron chi connectivity index (χ0n) is 16.7. The Morgan fingerprint density at radius 3 is 2.23 bits per heavy atom. The van der Waals surface area contributed by atoms with Crippen molar-refractivity contribution in [2.75, 3.05) is 6.54 Å². The molecule has 0 fully saturated rings. The molecular weight excluding hydrogens is 409 g/mol. The van der Waals surface area contributed by atoms with Gasteiger partial charge in [-0.15, -0.1) is 5.10 Å². The van der Waals surface area contributed by atoms with Crippen LogP contribution in [0.4, 0.5) is 4.39 Å². The van der Waals surface area contributed by atoms with Gasteiger partial charge < -0.3 is 0 Å². The second-order valence-corrected chi connectivity index (χ2v) is 7.42. The van der Waals surface area contributed by atoms with Crippen LogP contribution in [0.25, 0.3) is 17.1 Å². The fourth-order valence-corrected chi connectivity index (χ4v) is 3.67. The maximum Gasteiger partial charge on any atom is 0.204 e. The predicted octanol–water partition coefficient (Wildman–Crippen LogP) is 5.19. The van der Waals surface area contributed by atoms with Crippen LogP contribution in [0, 0.1) is 21.9 Å². The molecule has 1 heterocycles. The highest BCUT2D eigenvalue weighted by Gasteiger charge is 2.16. The van der Waals surface area contributed by atoms with Crippen molar-refractivity contribution in [3.63, 3.8) is 0 Å². The van der Waals surface area contributed by atoms with Crippen LogP contribution in [0.2, 0.25) is 0 Å². The van der Waals surface area contributed by atoms with E-state index >= 15 is 0 Å². The SMILES string of the molecule is N#CCN(Cc1ccccc1)Cn1nc(-c2ccccc2)n(-c2ccc(F)cc2)c1=S. The molecule has 0 radical (unpaired) electrons. The van der Waals surface area contributed by atoms with E-state index in [4.69, 9.17) is 17.3 Å². The van der Waals surface area contributed by atoms with Crippen molar-refractivity contribution in [2.24, 2.45) is 0 Å². The molecule has 0 aliphatic carbocycles. The molecule has 5 nitrogen and oxygen atoms in total. The van der Waals surface area contributed by atoms with Gasteiger partial charge in [-0.25, -0.2) is 9.07 Å². The molecule has 0 atom stereocenters. The molecule has 3 aromatic carbocycles. The summed E-state index contributed by atoms with van der Waals surface area (Å²) in [6, 6.07) is 28.1. The van der Waals surface area contributed by atoms with Crippen LogP contribution in [0.15, 0.2) is 84.9 Å². The fourth-order valence-electron chi connectivity index (χ4n) is 3.38. The van der Waals surface area contributed by atoms with Gasteiger partial charge in [0.15, 0.2) is 5.82 Å². The Hall–Kier alpha value is -3.60. The maximum atomic E-state index is 13.5. The Labute approximate surface area is 185 Å².